The molecule has 1 amide bonds. The van der Waals surface area contributed by atoms with E-state index < -0.39 is 0 Å². The molecule has 25 heavy (non-hydrogen) atoms. The van der Waals surface area contributed by atoms with E-state index in [1.54, 1.807) is 25.3 Å². The Morgan fingerprint density at radius 1 is 1.36 bits per heavy atom. The first kappa shape index (κ1) is 17.8. The van der Waals surface area contributed by atoms with Crippen molar-refractivity contribution in [1.82, 2.24) is 15.1 Å². The molecule has 0 unspecified atom stereocenters. The molecular weight excluding hydrogens is 340 g/mol. The highest BCUT2D eigenvalue weighted by Crippen LogP contribution is 2.30. The number of carbonyl (C=O) groups excluding carboxylic acids is 1. The molecule has 1 saturated heterocycles. The van der Waals surface area contributed by atoms with Crippen LogP contribution < -0.4 is 10.1 Å². The lowest BCUT2D eigenvalue weighted by atomic mass is 10.1. The summed E-state index contributed by atoms with van der Waals surface area (Å²) in [5, 5.41) is 10.5. The van der Waals surface area contributed by atoms with Crippen molar-refractivity contribution in [2.75, 3.05) is 32.1 Å². The van der Waals surface area contributed by atoms with Crippen molar-refractivity contribution < 1.29 is 9.53 Å². The van der Waals surface area contributed by atoms with E-state index in [4.69, 9.17) is 16.3 Å². The van der Waals surface area contributed by atoms with Gasteiger partial charge >= 0.3 is 0 Å². The predicted octanol–water partition coefficient (Wildman–Crippen LogP) is 3.55. The van der Waals surface area contributed by atoms with Crippen molar-refractivity contribution in [2.24, 2.45) is 0 Å². The highest BCUT2D eigenvalue weighted by Gasteiger charge is 2.12. The molecule has 134 valence electrons. The number of ether oxygens (including phenoxy) is 1. The smallest absolute Gasteiger partial charge is 0.225 e. The van der Waals surface area contributed by atoms with Crippen LogP contribution in [-0.4, -0.2) is 47.7 Å². The molecule has 7 heteroatoms. The lowest BCUT2D eigenvalue weighted by Gasteiger charge is -2.13. The van der Waals surface area contributed by atoms with Crippen LogP contribution in [0.25, 0.3) is 11.3 Å². The van der Waals surface area contributed by atoms with Crippen LogP contribution in [0.4, 0.5) is 5.82 Å². The molecular formula is C18H23ClN4O2. The van der Waals surface area contributed by atoms with E-state index in [1.165, 1.54) is 12.8 Å². The Bertz CT molecular complexity index is 726. The third-order valence-corrected chi connectivity index (χ3v) is 4.67. The Labute approximate surface area is 152 Å². The third kappa shape index (κ3) is 4.74. The average Bonchev–Trinajstić information content (AvgIpc) is 3.27. The van der Waals surface area contributed by atoms with E-state index in [9.17, 15) is 4.79 Å². The number of hydrogen-bond donors (Lipinski definition) is 2. The van der Waals surface area contributed by atoms with Gasteiger partial charge in [-0.1, -0.05) is 11.6 Å². The molecule has 0 saturated carbocycles. The van der Waals surface area contributed by atoms with E-state index in [0.717, 1.165) is 37.3 Å². The summed E-state index contributed by atoms with van der Waals surface area (Å²) in [4.78, 5) is 14.5. The third-order valence-electron chi connectivity index (χ3n) is 4.38. The van der Waals surface area contributed by atoms with Crippen LogP contribution in [0.1, 0.15) is 25.7 Å². The second-order valence-corrected chi connectivity index (χ2v) is 6.62. The van der Waals surface area contributed by atoms with Gasteiger partial charge in [0.05, 0.1) is 17.8 Å². The van der Waals surface area contributed by atoms with E-state index in [2.05, 4.69) is 20.4 Å². The van der Waals surface area contributed by atoms with Gasteiger partial charge in [0.15, 0.2) is 0 Å². The minimum atomic E-state index is 0.00200. The molecule has 0 radical (unpaired) electrons. The first-order chi connectivity index (χ1) is 12.2. The van der Waals surface area contributed by atoms with Crippen LogP contribution >= 0.6 is 11.6 Å². The molecule has 0 spiro atoms. The maximum atomic E-state index is 12.1. The monoisotopic (exact) mass is 362 g/mol. The number of carbonyl (C=O) groups is 1. The fraction of sp³-hybridized carbons (Fsp3) is 0.444. The molecule has 0 aliphatic carbocycles. The summed E-state index contributed by atoms with van der Waals surface area (Å²) < 4.78 is 5.15. The second kappa shape index (κ2) is 8.36. The highest BCUT2D eigenvalue weighted by atomic mass is 35.5. The number of halogens is 1. The van der Waals surface area contributed by atoms with Crippen LogP contribution in [-0.2, 0) is 4.79 Å². The quantitative estimate of drug-likeness (QED) is 0.790. The molecule has 1 fully saturated rings. The Balaban J connectivity index is 1.52. The van der Waals surface area contributed by atoms with Crippen molar-refractivity contribution in [3.05, 3.63) is 29.3 Å². The summed E-state index contributed by atoms with van der Waals surface area (Å²) in [6.45, 7) is 3.32. The lowest BCUT2D eigenvalue weighted by Crippen LogP contribution is -2.22. The maximum Gasteiger partial charge on any atom is 0.225 e. The lowest BCUT2D eigenvalue weighted by molar-refractivity contribution is -0.116. The normalized spacial score (nSPS) is 14.6. The molecule has 0 bridgehead atoms. The SMILES string of the molecule is COc1ccc(-c2cc(NC(=O)CCCN3CCCC3)[nH]n2)cc1Cl. The van der Waals surface area contributed by atoms with Crippen molar-refractivity contribution in [1.29, 1.82) is 0 Å². The molecule has 1 aliphatic rings. The van der Waals surface area contributed by atoms with Crippen LogP contribution in [0.2, 0.25) is 5.02 Å². The topological polar surface area (TPSA) is 70.2 Å². The van der Waals surface area contributed by atoms with Gasteiger partial charge in [-0.2, -0.15) is 5.10 Å². The minimum absolute atomic E-state index is 0.00200. The number of likely N-dealkylation sites (tertiary alicyclic amines) is 1. The van der Waals surface area contributed by atoms with Crippen LogP contribution in [0.5, 0.6) is 5.75 Å². The average molecular weight is 363 g/mol. The molecule has 6 nitrogen and oxygen atoms in total. The number of H-pyrrole nitrogens is 1. The van der Waals surface area contributed by atoms with Gasteiger partial charge in [-0.25, -0.2) is 0 Å². The summed E-state index contributed by atoms with van der Waals surface area (Å²) in [6, 6.07) is 7.26. The number of nitrogens with zero attached hydrogens (tertiary/aromatic N) is 2. The zero-order valence-corrected chi connectivity index (χ0v) is 15.1. The highest BCUT2D eigenvalue weighted by molar-refractivity contribution is 6.32. The van der Waals surface area contributed by atoms with Gasteiger partial charge in [0.2, 0.25) is 5.91 Å². The summed E-state index contributed by atoms with van der Waals surface area (Å²) >= 11 is 6.14. The molecule has 1 aromatic carbocycles. The first-order valence-corrected chi connectivity index (χ1v) is 8.95. The van der Waals surface area contributed by atoms with Gasteiger partial charge in [-0.05, 0) is 57.1 Å². The molecule has 2 heterocycles. The molecule has 2 N–H and O–H groups in total. The number of aromatic amines is 1. The zero-order chi connectivity index (χ0) is 17.6. The Hall–Kier alpha value is -2.05. The van der Waals surface area contributed by atoms with Gasteiger partial charge in [0, 0.05) is 18.1 Å². The zero-order valence-electron chi connectivity index (χ0n) is 14.3. The second-order valence-electron chi connectivity index (χ2n) is 6.22. The van der Waals surface area contributed by atoms with E-state index in [-0.39, 0.29) is 5.91 Å². The summed E-state index contributed by atoms with van der Waals surface area (Å²) in [7, 11) is 1.58. The van der Waals surface area contributed by atoms with Crippen molar-refractivity contribution >= 4 is 23.3 Å². The molecule has 1 aromatic heterocycles. The van der Waals surface area contributed by atoms with Gasteiger partial charge in [-0.3, -0.25) is 9.89 Å². The molecule has 3 rings (SSSR count). The minimum Gasteiger partial charge on any atom is -0.495 e. The number of aromatic nitrogens is 2. The van der Waals surface area contributed by atoms with Gasteiger partial charge in [0.1, 0.15) is 11.6 Å². The molecule has 0 atom stereocenters. The number of rotatable bonds is 7. The van der Waals surface area contributed by atoms with Gasteiger partial charge < -0.3 is 15.0 Å². The molecule has 2 aromatic rings. The summed E-state index contributed by atoms with van der Waals surface area (Å²) in [6.07, 6.45) is 3.94. The van der Waals surface area contributed by atoms with Crippen molar-refractivity contribution in [3.8, 4) is 17.0 Å². The Morgan fingerprint density at radius 2 is 2.16 bits per heavy atom. The first-order valence-electron chi connectivity index (χ1n) is 8.57. The van der Waals surface area contributed by atoms with E-state index in [0.29, 0.717) is 23.0 Å². The van der Waals surface area contributed by atoms with Crippen molar-refractivity contribution in [3.63, 3.8) is 0 Å². The number of amides is 1. The van der Waals surface area contributed by atoms with Crippen LogP contribution in [0.3, 0.4) is 0 Å². The summed E-state index contributed by atoms with van der Waals surface area (Å²) in [5.41, 5.74) is 1.58. The van der Waals surface area contributed by atoms with Crippen molar-refractivity contribution in [2.45, 2.75) is 25.7 Å². The van der Waals surface area contributed by atoms with Gasteiger partial charge in [-0.15, -0.1) is 0 Å². The van der Waals surface area contributed by atoms with Gasteiger partial charge in [0.25, 0.3) is 0 Å². The standard InChI is InChI=1S/C18H23ClN4O2/c1-25-16-7-6-13(11-14(16)19)15-12-17(22-21-15)20-18(24)5-4-10-23-8-2-3-9-23/h6-7,11-12H,2-5,8-10H2,1H3,(H2,20,21,22,24). The molecule has 1 aliphatic heterocycles. The van der Waals surface area contributed by atoms with Crippen LogP contribution in [0, 0.1) is 0 Å². The maximum absolute atomic E-state index is 12.1. The number of anilines is 1. The Kier molecular flexibility index (Phi) is 5.94. The number of nitrogens with one attached hydrogen (secondary N) is 2. The summed E-state index contributed by atoms with van der Waals surface area (Å²) in [5.74, 6) is 1.21. The Morgan fingerprint density at radius 3 is 2.88 bits per heavy atom. The predicted molar refractivity (Wildman–Crippen MR) is 99.1 cm³/mol. The largest absolute Gasteiger partial charge is 0.495 e. The number of hydrogen-bond acceptors (Lipinski definition) is 4. The fourth-order valence-electron chi connectivity index (χ4n) is 3.04. The number of methoxy groups -OCH3 is 1. The van der Waals surface area contributed by atoms with E-state index >= 15 is 0 Å². The fourth-order valence-corrected chi connectivity index (χ4v) is 3.30. The number of benzene rings is 1. The van der Waals surface area contributed by atoms with E-state index in [1.807, 2.05) is 6.07 Å². The van der Waals surface area contributed by atoms with Crippen LogP contribution in [0.15, 0.2) is 24.3 Å².